The molecule has 0 aliphatic heterocycles. The van der Waals surface area contributed by atoms with E-state index in [2.05, 4.69) is 10.6 Å². The molecular formula is C16H25N3O3. The average Bonchev–Trinajstić information content (AvgIpc) is 2.45. The number of carbonyl (C=O) groups is 2. The normalized spacial score (nSPS) is 12.1. The Morgan fingerprint density at radius 3 is 2.23 bits per heavy atom. The molecule has 0 spiro atoms. The summed E-state index contributed by atoms with van der Waals surface area (Å²) >= 11 is 0. The molecule has 122 valence electrons. The van der Waals surface area contributed by atoms with E-state index in [4.69, 9.17) is 10.5 Å². The number of nitrogens with two attached hydrogens (primary N) is 1. The van der Waals surface area contributed by atoms with Gasteiger partial charge in [-0.15, -0.1) is 0 Å². The van der Waals surface area contributed by atoms with E-state index in [0.717, 1.165) is 5.75 Å². The van der Waals surface area contributed by atoms with Crippen molar-refractivity contribution in [1.29, 1.82) is 0 Å². The van der Waals surface area contributed by atoms with Crippen LogP contribution in [-0.2, 0) is 9.59 Å². The largest absolute Gasteiger partial charge is 0.491 e. The monoisotopic (exact) mass is 307 g/mol. The van der Waals surface area contributed by atoms with Gasteiger partial charge in [0.1, 0.15) is 5.75 Å². The van der Waals surface area contributed by atoms with E-state index in [9.17, 15) is 9.59 Å². The Kier molecular flexibility index (Phi) is 6.85. The highest BCUT2D eigenvalue weighted by Gasteiger charge is 2.17. The van der Waals surface area contributed by atoms with E-state index in [1.807, 2.05) is 27.7 Å². The van der Waals surface area contributed by atoms with E-state index >= 15 is 0 Å². The van der Waals surface area contributed by atoms with Gasteiger partial charge in [0.2, 0.25) is 11.8 Å². The van der Waals surface area contributed by atoms with Gasteiger partial charge in [-0.2, -0.15) is 0 Å². The number of benzene rings is 1. The molecule has 0 aliphatic rings. The van der Waals surface area contributed by atoms with Gasteiger partial charge >= 0.3 is 0 Å². The number of rotatable bonds is 7. The number of hydrogen-bond donors (Lipinski definition) is 3. The Balaban J connectivity index is 2.43. The Morgan fingerprint density at radius 2 is 1.73 bits per heavy atom. The third kappa shape index (κ3) is 6.13. The second-order valence-corrected chi connectivity index (χ2v) is 5.73. The fourth-order valence-corrected chi connectivity index (χ4v) is 1.68. The van der Waals surface area contributed by atoms with Gasteiger partial charge in [0, 0.05) is 5.69 Å². The molecule has 0 fully saturated rings. The fraction of sp³-hybridized carbons (Fsp3) is 0.500. The van der Waals surface area contributed by atoms with Crippen molar-refractivity contribution >= 4 is 17.5 Å². The molecule has 22 heavy (non-hydrogen) atoms. The van der Waals surface area contributed by atoms with Gasteiger partial charge in [-0.1, -0.05) is 13.8 Å². The zero-order valence-corrected chi connectivity index (χ0v) is 13.6. The molecule has 6 nitrogen and oxygen atoms in total. The van der Waals surface area contributed by atoms with E-state index in [1.54, 1.807) is 24.3 Å². The molecule has 0 aromatic heterocycles. The topological polar surface area (TPSA) is 93.5 Å². The summed E-state index contributed by atoms with van der Waals surface area (Å²) in [5, 5.41) is 5.22. The standard InChI is InChI=1S/C16H25N3O3/c1-10(2)15(17)16(21)18-9-14(20)19-12-5-7-13(8-6-12)22-11(3)4/h5-8,10-11,15H,9,17H2,1-4H3,(H,18,21)(H,19,20)/t15-/m0/s1. The number of hydrogen-bond acceptors (Lipinski definition) is 4. The molecular weight excluding hydrogens is 282 g/mol. The van der Waals surface area contributed by atoms with Crippen LogP contribution in [0.15, 0.2) is 24.3 Å². The maximum atomic E-state index is 11.8. The van der Waals surface area contributed by atoms with Gasteiger partial charge in [0.15, 0.2) is 0 Å². The fourth-order valence-electron chi connectivity index (χ4n) is 1.68. The number of carbonyl (C=O) groups excluding carboxylic acids is 2. The van der Waals surface area contributed by atoms with Gasteiger partial charge in [-0.3, -0.25) is 9.59 Å². The maximum absolute atomic E-state index is 11.8. The minimum Gasteiger partial charge on any atom is -0.491 e. The molecule has 6 heteroatoms. The summed E-state index contributed by atoms with van der Waals surface area (Å²) in [4.78, 5) is 23.4. The molecule has 1 rings (SSSR count). The van der Waals surface area contributed by atoms with Crippen LogP contribution in [0.4, 0.5) is 5.69 Å². The lowest BCUT2D eigenvalue weighted by atomic mass is 10.1. The maximum Gasteiger partial charge on any atom is 0.243 e. The highest BCUT2D eigenvalue weighted by molar-refractivity contribution is 5.95. The zero-order chi connectivity index (χ0) is 16.7. The van der Waals surface area contributed by atoms with Crippen molar-refractivity contribution in [2.75, 3.05) is 11.9 Å². The molecule has 1 aromatic rings. The lowest BCUT2D eigenvalue weighted by molar-refractivity contribution is -0.125. The van der Waals surface area contributed by atoms with Crippen LogP contribution in [0, 0.1) is 5.92 Å². The van der Waals surface area contributed by atoms with Gasteiger partial charge in [0.25, 0.3) is 0 Å². The summed E-state index contributed by atoms with van der Waals surface area (Å²) < 4.78 is 5.52. The molecule has 0 saturated carbocycles. The van der Waals surface area contributed by atoms with Crippen LogP contribution >= 0.6 is 0 Å². The van der Waals surface area contributed by atoms with Crippen molar-refractivity contribution < 1.29 is 14.3 Å². The number of amides is 2. The van der Waals surface area contributed by atoms with Crippen molar-refractivity contribution in [2.24, 2.45) is 11.7 Å². The van der Waals surface area contributed by atoms with E-state index in [-0.39, 0.29) is 30.4 Å². The second-order valence-electron chi connectivity index (χ2n) is 5.73. The average molecular weight is 307 g/mol. The minimum absolute atomic E-state index is 0.0246. The third-order valence-electron chi connectivity index (χ3n) is 2.95. The van der Waals surface area contributed by atoms with E-state index in [1.165, 1.54) is 0 Å². The molecule has 1 aromatic carbocycles. The quantitative estimate of drug-likeness (QED) is 0.712. The Morgan fingerprint density at radius 1 is 1.14 bits per heavy atom. The van der Waals surface area contributed by atoms with Crippen LogP contribution in [0.25, 0.3) is 0 Å². The molecule has 0 radical (unpaired) electrons. The first-order valence-corrected chi connectivity index (χ1v) is 7.39. The Hall–Kier alpha value is -2.08. The summed E-state index contributed by atoms with van der Waals surface area (Å²) in [6, 6.07) is 6.45. The zero-order valence-electron chi connectivity index (χ0n) is 13.6. The predicted molar refractivity (Wildman–Crippen MR) is 86.7 cm³/mol. The minimum atomic E-state index is -0.611. The SMILES string of the molecule is CC(C)Oc1ccc(NC(=O)CNC(=O)[C@@H](N)C(C)C)cc1. The number of anilines is 1. The van der Waals surface area contributed by atoms with Crippen LogP contribution in [0.5, 0.6) is 5.75 Å². The van der Waals surface area contributed by atoms with Gasteiger partial charge < -0.3 is 21.1 Å². The van der Waals surface area contributed by atoms with E-state index < -0.39 is 6.04 Å². The first kappa shape index (κ1) is 18.0. The summed E-state index contributed by atoms with van der Waals surface area (Å²) in [6.07, 6.45) is 0.0980. The third-order valence-corrected chi connectivity index (χ3v) is 2.95. The van der Waals surface area contributed by atoms with Crippen molar-refractivity contribution in [2.45, 2.75) is 39.8 Å². The predicted octanol–water partition coefficient (Wildman–Crippen LogP) is 1.51. The Bertz CT molecular complexity index is 498. The summed E-state index contributed by atoms with van der Waals surface area (Å²) in [5.74, 6) is 0.133. The van der Waals surface area contributed by atoms with Gasteiger partial charge in [0.05, 0.1) is 18.7 Å². The molecule has 0 unspecified atom stereocenters. The number of ether oxygens (including phenoxy) is 1. The van der Waals surface area contributed by atoms with Crippen molar-refractivity contribution in [3.8, 4) is 5.75 Å². The molecule has 0 aliphatic carbocycles. The van der Waals surface area contributed by atoms with E-state index in [0.29, 0.717) is 5.69 Å². The summed E-state index contributed by atoms with van der Waals surface area (Å²) in [7, 11) is 0. The molecule has 0 heterocycles. The molecule has 1 atom stereocenters. The van der Waals surface area contributed by atoms with Crippen molar-refractivity contribution in [3.05, 3.63) is 24.3 Å². The van der Waals surface area contributed by atoms with Crippen LogP contribution in [0.1, 0.15) is 27.7 Å². The lowest BCUT2D eigenvalue weighted by Crippen LogP contribution is -2.46. The molecule has 0 bridgehead atoms. The van der Waals surface area contributed by atoms with Crippen LogP contribution in [-0.4, -0.2) is 30.5 Å². The van der Waals surface area contributed by atoms with Crippen LogP contribution in [0.2, 0.25) is 0 Å². The van der Waals surface area contributed by atoms with Crippen molar-refractivity contribution in [1.82, 2.24) is 5.32 Å². The first-order chi connectivity index (χ1) is 10.3. The second kappa shape index (κ2) is 8.38. The highest BCUT2D eigenvalue weighted by Crippen LogP contribution is 2.16. The van der Waals surface area contributed by atoms with Crippen LogP contribution < -0.4 is 21.1 Å². The van der Waals surface area contributed by atoms with Crippen molar-refractivity contribution in [3.63, 3.8) is 0 Å². The Labute approximate surface area is 131 Å². The molecule has 0 saturated heterocycles. The smallest absolute Gasteiger partial charge is 0.243 e. The molecule has 4 N–H and O–H groups in total. The summed E-state index contributed by atoms with van der Waals surface area (Å²) in [5.41, 5.74) is 6.34. The lowest BCUT2D eigenvalue weighted by Gasteiger charge is -2.15. The molecule has 2 amide bonds. The highest BCUT2D eigenvalue weighted by atomic mass is 16.5. The van der Waals surface area contributed by atoms with Crippen LogP contribution in [0.3, 0.4) is 0 Å². The summed E-state index contributed by atoms with van der Waals surface area (Å²) in [6.45, 7) is 7.49. The van der Waals surface area contributed by atoms with Gasteiger partial charge in [-0.05, 0) is 44.0 Å². The van der Waals surface area contributed by atoms with Gasteiger partial charge in [-0.25, -0.2) is 0 Å². The first-order valence-electron chi connectivity index (χ1n) is 7.39. The number of nitrogens with one attached hydrogen (secondary N) is 2.